The van der Waals surface area contributed by atoms with Gasteiger partial charge in [0.25, 0.3) is 0 Å². The molecule has 1 aliphatic carbocycles. The summed E-state index contributed by atoms with van der Waals surface area (Å²) in [6.45, 7) is -1.06. The molecule has 2 amide bonds. The molecule has 3 rings (SSSR count). The Kier molecular flexibility index (Phi) is 6.92. The number of carboxylic acid groups (broad SMARTS) is 1. The topological polar surface area (TPSA) is 120 Å². The number of amides is 2. The zero-order valence-corrected chi connectivity index (χ0v) is 16.1. The van der Waals surface area contributed by atoms with Crippen LogP contribution in [0.5, 0.6) is 0 Å². The zero-order valence-electron chi connectivity index (χ0n) is 16.1. The number of aliphatic carboxylic acids is 1. The van der Waals surface area contributed by atoms with E-state index in [0.717, 1.165) is 27.3 Å². The molecule has 0 bridgehead atoms. The molecule has 0 aliphatic heterocycles. The Bertz CT molecular complexity index is 922. The number of carboxylic acids is 1. The fraction of sp³-hybridized carbons (Fsp3) is 0.250. The van der Waals surface area contributed by atoms with Gasteiger partial charge in [-0.1, -0.05) is 48.5 Å². The number of hydrazine groups is 1. The van der Waals surface area contributed by atoms with Gasteiger partial charge in [0.2, 0.25) is 0 Å². The van der Waals surface area contributed by atoms with Crippen molar-refractivity contribution in [2.75, 3.05) is 26.4 Å². The van der Waals surface area contributed by atoms with Gasteiger partial charge >= 0.3 is 114 Å². The number of benzene rings is 2. The van der Waals surface area contributed by atoms with E-state index in [0.29, 0.717) is 0 Å². The summed E-state index contributed by atoms with van der Waals surface area (Å²) in [5, 5.41) is 12.1. The van der Waals surface area contributed by atoms with Crippen LogP contribution in [0.15, 0.2) is 53.4 Å². The second kappa shape index (κ2) is 9.79. The number of hydrogen-bond acceptors (Lipinski definition) is 6. The molecule has 3 N–H and O–H groups in total. The summed E-state index contributed by atoms with van der Waals surface area (Å²) >= 11 is 0. The Hall–Kier alpha value is -3.53. The monoisotopic (exact) mass is 407 g/mol. The van der Waals surface area contributed by atoms with E-state index in [-0.39, 0.29) is 25.7 Å². The molecule has 0 spiro atoms. The van der Waals surface area contributed by atoms with Crippen LogP contribution in [0.1, 0.15) is 17.0 Å². The molecule has 0 fully saturated rings. The Labute approximate surface area is 174 Å². The molecule has 0 aromatic heterocycles. The van der Waals surface area contributed by atoms with Gasteiger partial charge in [0.1, 0.15) is 0 Å². The van der Waals surface area contributed by atoms with Crippen molar-refractivity contribution in [3.8, 4) is 11.1 Å². The van der Waals surface area contributed by atoms with E-state index < -0.39 is 24.5 Å². The Morgan fingerprint density at radius 2 is 1.67 bits per heavy atom. The molecule has 30 heavy (non-hydrogen) atoms. The number of nitrogens with zero attached hydrogens (tertiary/aromatic N) is 2. The third-order valence-electron chi connectivity index (χ3n) is 4.67. The number of alkyl carbamates (subject to hydrolysis) is 1. The number of rotatable bonds is 9. The van der Waals surface area contributed by atoms with Crippen LogP contribution < -0.4 is 10.7 Å². The third kappa shape index (κ3) is 4.90. The van der Waals surface area contributed by atoms with Crippen molar-refractivity contribution in [1.82, 2.24) is 15.8 Å². The first-order chi connectivity index (χ1) is 14.5. The molecule has 0 heterocycles. The van der Waals surface area contributed by atoms with Crippen molar-refractivity contribution >= 4 is 25.6 Å². The first-order valence-electron chi connectivity index (χ1n) is 9.22. The molecular weight excluding hydrogens is 387 g/mol. The van der Waals surface area contributed by atoms with Gasteiger partial charge in [-0.2, -0.15) is 0 Å². The Morgan fingerprint density at radius 3 is 2.23 bits per heavy atom. The molecule has 153 valence electrons. The SMILES string of the molecule is [B]=NCC(=O)N(CC(=O)O)NCNC(=O)OCC1c2ccccc2-c2ccccc21. The summed E-state index contributed by atoms with van der Waals surface area (Å²) in [4.78, 5) is 37.9. The second-order valence-corrected chi connectivity index (χ2v) is 6.55. The average molecular weight is 407 g/mol. The van der Waals surface area contributed by atoms with Crippen LogP contribution in [-0.4, -0.2) is 62.1 Å². The molecule has 9 nitrogen and oxygen atoms in total. The van der Waals surface area contributed by atoms with Crippen molar-refractivity contribution < 1.29 is 24.2 Å². The summed E-state index contributed by atoms with van der Waals surface area (Å²) in [6, 6.07) is 16.0. The van der Waals surface area contributed by atoms with Crippen LogP contribution in [-0.2, 0) is 14.3 Å². The van der Waals surface area contributed by atoms with Crippen LogP contribution in [0.3, 0.4) is 0 Å². The van der Waals surface area contributed by atoms with Gasteiger partial charge in [0.05, 0.1) is 0 Å². The predicted octanol–water partition coefficient (Wildman–Crippen LogP) is 1.25. The molecule has 0 saturated carbocycles. The fourth-order valence-electron chi connectivity index (χ4n) is 3.39. The zero-order chi connectivity index (χ0) is 21.5. The van der Waals surface area contributed by atoms with Gasteiger partial charge in [-0.3, -0.25) is 0 Å². The first kappa shape index (κ1) is 21.2. The van der Waals surface area contributed by atoms with Gasteiger partial charge < -0.3 is 0 Å². The minimum atomic E-state index is -1.23. The number of hydrogen-bond donors (Lipinski definition) is 3. The van der Waals surface area contributed by atoms with Gasteiger partial charge in [-0.25, -0.2) is 0 Å². The fourth-order valence-corrected chi connectivity index (χ4v) is 3.39. The van der Waals surface area contributed by atoms with Crippen molar-refractivity contribution in [3.05, 3.63) is 59.7 Å². The Balaban J connectivity index is 1.54. The van der Waals surface area contributed by atoms with E-state index in [1.165, 1.54) is 0 Å². The van der Waals surface area contributed by atoms with Crippen molar-refractivity contribution in [1.29, 1.82) is 0 Å². The molecule has 0 atom stereocenters. The molecule has 1 aliphatic rings. The number of ether oxygens (including phenoxy) is 1. The van der Waals surface area contributed by atoms with E-state index >= 15 is 0 Å². The third-order valence-corrected chi connectivity index (χ3v) is 4.67. The maximum absolute atomic E-state index is 12.1. The average Bonchev–Trinajstić information content (AvgIpc) is 3.05. The van der Waals surface area contributed by atoms with E-state index in [9.17, 15) is 14.4 Å². The van der Waals surface area contributed by atoms with Crippen molar-refractivity contribution in [2.24, 2.45) is 4.90 Å². The summed E-state index contributed by atoms with van der Waals surface area (Å²) < 4.78 is 5.36. The molecule has 0 unspecified atom stereocenters. The number of nitrogens with one attached hydrogen (secondary N) is 2. The van der Waals surface area contributed by atoms with E-state index in [1.807, 2.05) is 48.5 Å². The van der Waals surface area contributed by atoms with E-state index in [1.54, 1.807) is 0 Å². The maximum atomic E-state index is 12.1. The smallest absolute Gasteiger partial charge is 0.0619 e. The summed E-state index contributed by atoms with van der Waals surface area (Å²) in [6.07, 6.45) is -0.699. The van der Waals surface area contributed by atoms with E-state index in [4.69, 9.17) is 17.5 Å². The molecule has 0 saturated heterocycles. The molecule has 2 aromatic carbocycles. The summed E-state index contributed by atoms with van der Waals surface area (Å²) in [5.74, 6) is -1.95. The van der Waals surface area contributed by atoms with Crippen LogP contribution in [0.25, 0.3) is 11.1 Å². The van der Waals surface area contributed by atoms with E-state index in [2.05, 4.69) is 15.6 Å². The van der Waals surface area contributed by atoms with Gasteiger partial charge in [0.15, 0.2) is 0 Å². The van der Waals surface area contributed by atoms with Gasteiger partial charge in [0, 0.05) is 0 Å². The van der Waals surface area contributed by atoms with Crippen molar-refractivity contribution in [3.63, 3.8) is 0 Å². The van der Waals surface area contributed by atoms with Crippen molar-refractivity contribution in [2.45, 2.75) is 5.92 Å². The van der Waals surface area contributed by atoms with Gasteiger partial charge in [-0.05, 0) is 11.1 Å². The second-order valence-electron chi connectivity index (χ2n) is 6.55. The number of fused-ring (bicyclic) bond motifs is 3. The minimum Gasteiger partial charge on any atom is -0.0619 e. The van der Waals surface area contributed by atoms with Crippen LogP contribution >= 0.6 is 0 Å². The van der Waals surface area contributed by atoms with Crippen LogP contribution in [0.2, 0.25) is 0 Å². The minimum absolute atomic E-state index is 0.0765. The molecule has 10 heteroatoms. The first-order valence-corrected chi connectivity index (χ1v) is 9.22. The predicted molar refractivity (Wildman–Crippen MR) is 109 cm³/mol. The standard InChI is InChI=1S/C20H20BN4O5/c21-23-9-18(26)25(10-19(27)28)24-12-22-20(29)30-11-17-15-7-3-1-5-13(15)14-6-2-4-8-16(14)17/h1-8,17,24H,9-12H2,(H,22,29)(H,27,28). The number of carbonyl (C=O) groups is 3. The molecule has 1 radical (unpaired) electrons. The molecular formula is C20H20BN4O5. The summed E-state index contributed by atoms with van der Waals surface area (Å²) in [5.41, 5.74) is 6.93. The summed E-state index contributed by atoms with van der Waals surface area (Å²) in [7, 11) is 4.95. The van der Waals surface area contributed by atoms with Crippen LogP contribution in [0, 0.1) is 0 Å². The normalized spacial score (nSPS) is 11.8. The number of carbonyl (C=O) groups excluding carboxylic acids is 2. The van der Waals surface area contributed by atoms with Gasteiger partial charge in [-0.15, -0.1) is 0 Å². The molecule has 2 aromatic rings. The van der Waals surface area contributed by atoms with Crippen LogP contribution in [0.4, 0.5) is 4.79 Å². The Morgan fingerprint density at radius 1 is 1.07 bits per heavy atom. The quantitative estimate of drug-likeness (QED) is 0.327.